The van der Waals surface area contributed by atoms with E-state index in [1.165, 1.54) is 0 Å². The molecule has 1 saturated heterocycles. The Balaban J connectivity index is 2.49. The van der Waals surface area contributed by atoms with Crippen molar-refractivity contribution in [2.45, 2.75) is 39.7 Å². The minimum Gasteiger partial charge on any atom is -0.480 e. The van der Waals surface area contributed by atoms with Gasteiger partial charge in [0.15, 0.2) is 0 Å². The summed E-state index contributed by atoms with van der Waals surface area (Å²) in [7, 11) is 0. The molecule has 1 aliphatic rings. The largest absolute Gasteiger partial charge is 0.480 e. The highest BCUT2D eigenvalue weighted by Gasteiger charge is 2.33. The lowest BCUT2D eigenvalue weighted by Crippen LogP contribution is -2.49. The van der Waals surface area contributed by atoms with E-state index < -0.39 is 17.4 Å². The number of hydrogen-bond donors (Lipinski definition) is 3. The highest BCUT2D eigenvalue weighted by atomic mass is 16.4. The number of carboxylic acids is 1. The van der Waals surface area contributed by atoms with Gasteiger partial charge in [-0.3, -0.25) is 4.79 Å². The van der Waals surface area contributed by atoms with Gasteiger partial charge in [-0.25, -0.2) is 4.79 Å². The van der Waals surface area contributed by atoms with Crippen molar-refractivity contribution >= 4 is 11.9 Å². The van der Waals surface area contributed by atoms with Crippen LogP contribution in [0.15, 0.2) is 0 Å². The number of nitrogens with one attached hydrogen (secondary N) is 2. The van der Waals surface area contributed by atoms with E-state index in [-0.39, 0.29) is 5.91 Å². The molecule has 0 spiro atoms. The van der Waals surface area contributed by atoms with E-state index in [1.807, 2.05) is 20.8 Å². The smallest absolute Gasteiger partial charge is 0.326 e. The third kappa shape index (κ3) is 4.34. The average molecular weight is 242 g/mol. The lowest BCUT2D eigenvalue weighted by molar-refractivity contribution is -0.145. The van der Waals surface area contributed by atoms with E-state index in [9.17, 15) is 9.59 Å². The number of carbonyl (C=O) groups excluding carboxylic acids is 1. The first-order valence-corrected chi connectivity index (χ1v) is 6.03. The monoisotopic (exact) mass is 242 g/mol. The minimum absolute atomic E-state index is 0.166. The van der Waals surface area contributed by atoms with Crippen LogP contribution in [0.3, 0.4) is 0 Å². The Morgan fingerprint density at radius 3 is 2.53 bits per heavy atom. The molecule has 1 rings (SSSR count). The molecule has 17 heavy (non-hydrogen) atoms. The lowest BCUT2D eigenvalue weighted by Gasteiger charge is -2.28. The zero-order chi connectivity index (χ0) is 13.1. The van der Waals surface area contributed by atoms with Gasteiger partial charge in [-0.1, -0.05) is 20.8 Å². The first-order chi connectivity index (χ1) is 7.80. The van der Waals surface area contributed by atoms with Gasteiger partial charge in [0.2, 0.25) is 5.91 Å². The summed E-state index contributed by atoms with van der Waals surface area (Å²) in [6.07, 6.45) is 1.40. The fourth-order valence-corrected chi connectivity index (χ4v) is 2.02. The maximum atomic E-state index is 11.8. The Labute approximate surface area is 102 Å². The summed E-state index contributed by atoms with van der Waals surface area (Å²) in [4.78, 5) is 22.9. The molecule has 0 aromatic heterocycles. The number of carboxylic acid groups (broad SMARTS) is 1. The van der Waals surface area contributed by atoms with Crippen LogP contribution in [0.25, 0.3) is 0 Å². The van der Waals surface area contributed by atoms with E-state index in [1.54, 1.807) is 0 Å². The van der Waals surface area contributed by atoms with Gasteiger partial charge < -0.3 is 15.7 Å². The van der Waals surface area contributed by atoms with E-state index in [4.69, 9.17) is 5.11 Å². The van der Waals surface area contributed by atoms with E-state index in [0.29, 0.717) is 12.3 Å². The standard InChI is InChI=1S/C12H22N2O3/c1-12(2,3)10(11(16)17)14-9(15)6-8-4-5-13-7-8/h8,10,13H,4-7H2,1-3H3,(H,14,15)(H,16,17)/t8?,10-/m0/s1. The van der Waals surface area contributed by atoms with Crippen LogP contribution >= 0.6 is 0 Å². The number of hydrogen-bond acceptors (Lipinski definition) is 3. The molecule has 0 aromatic carbocycles. The SMILES string of the molecule is CC(C)(C)[C@@H](NC(=O)CC1CCNC1)C(=O)O. The molecule has 5 nitrogen and oxygen atoms in total. The van der Waals surface area contributed by atoms with Gasteiger partial charge in [-0.05, 0) is 30.8 Å². The van der Waals surface area contributed by atoms with Crippen molar-refractivity contribution in [1.82, 2.24) is 10.6 Å². The summed E-state index contributed by atoms with van der Waals surface area (Å²) < 4.78 is 0. The Morgan fingerprint density at radius 2 is 2.12 bits per heavy atom. The van der Waals surface area contributed by atoms with Crippen LogP contribution < -0.4 is 10.6 Å². The minimum atomic E-state index is -0.976. The summed E-state index contributed by atoms with van der Waals surface area (Å²) in [6, 6.07) is -0.829. The van der Waals surface area contributed by atoms with Crippen molar-refractivity contribution in [3.63, 3.8) is 0 Å². The summed E-state index contributed by atoms with van der Waals surface area (Å²) >= 11 is 0. The Kier molecular flexibility index (Phi) is 4.51. The molecule has 0 bridgehead atoms. The molecule has 98 valence electrons. The topological polar surface area (TPSA) is 78.4 Å². The van der Waals surface area contributed by atoms with Crippen LogP contribution in [0.4, 0.5) is 0 Å². The van der Waals surface area contributed by atoms with Crippen LogP contribution in [0.2, 0.25) is 0 Å². The third-order valence-corrected chi connectivity index (χ3v) is 3.05. The fourth-order valence-electron chi connectivity index (χ4n) is 2.02. The molecule has 1 heterocycles. The maximum absolute atomic E-state index is 11.8. The molecule has 2 atom stereocenters. The average Bonchev–Trinajstić information content (AvgIpc) is 2.64. The molecule has 1 fully saturated rings. The van der Waals surface area contributed by atoms with Crippen molar-refractivity contribution in [2.75, 3.05) is 13.1 Å². The Bertz CT molecular complexity index is 291. The first-order valence-electron chi connectivity index (χ1n) is 6.03. The Morgan fingerprint density at radius 1 is 1.47 bits per heavy atom. The fraction of sp³-hybridized carbons (Fsp3) is 0.833. The van der Waals surface area contributed by atoms with Gasteiger partial charge in [0.1, 0.15) is 6.04 Å². The van der Waals surface area contributed by atoms with Gasteiger partial charge in [0.25, 0.3) is 0 Å². The summed E-state index contributed by atoms with van der Waals surface area (Å²) in [5.41, 5.74) is -0.477. The van der Waals surface area contributed by atoms with Gasteiger partial charge in [-0.2, -0.15) is 0 Å². The normalized spacial score (nSPS) is 22.2. The predicted octanol–water partition coefficient (Wildman–Crippen LogP) is 0.602. The van der Waals surface area contributed by atoms with Crippen molar-refractivity contribution in [1.29, 1.82) is 0 Å². The summed E-state index contributed by atoms with van der Waals surface area (Å²) in [5.74, 6) is -0.805. The molecule has 5 heteroatoms. The lowest BCUT2D eigenvalue weighted by atomic mass is 9.86. The molecule has 0 aromatic rings. The van der Waals surface area contributed by atoms with Crippen LogP contribution in [-0.2, 0) is 9.59 Å². The number of rotatable bonds is 4. The highest BCUT2D eigenvalue weighted by molar-refractivity contribution is 5.84. The number of carbonyl (C=O) groups is 2. The number of amides is 1. The molecule has 0 saturated carbocycles. The van der Waals surface area contributed by atoms with E-state index >= 15 is 0 Å². The zero-order valence-electron chi connectivity index (χ0n) is 10.7. The van der Waals surface area contributed by atoms with Crippen LogP contribution in [-0.4, -0.2) is 36.1 Å². The molecule has 1 amide bonds. The summed E-state index contributed by atoms with van der Waals surface area (Å²) in [5, 5.41) is 14.9. The molecular formula is C12H22N2O3. The van der Waals surface area contributed by atoms with E-state index in [2.05, 4.69) is 10.6 Å². The zero-order valence-corrected chi connectivity index (χ0v) is 10.7. The second-order valence-corrected chi connectivity index (χ2v) is 5.77. The summed E-state index contributed by atoms with van der Waals surface area (Å²) in [6.45, 7) is 7.22. The quantitative estimate of drug-likeness (QED) is 0.674. The van der Waals surface area contributed by atoms with E-state index in [0.717, 1.165) is 19.5 Å². The first kappa shape index (κ1) is 14.0. The van der Waals surface area contributed by atoms with Crippen molar-refractivity contribution in [3.8, 4) is 0 Å². The third-order valence-electron chi connectivity index (χ3n) is 3.05. The molecule has 1 aliphatic heterocycles. The van der Waals surface area contributed by atoms with Crippen LogP contribution in [0.1, 0.15) is 33.6 Å². The molecule has 0 aliphatic carbocycles. The molecule has 0 radical (unpaired) electrons. The van der Waals surface area contributed by atoms with Crippen molar-refractivity contribution in [3.05, 3.63) is 0 Å². The van der Waals surface area contributed by atoms with Crippen molar-refractivity contribution in [2.24, 2.45) is 11.3 Å². The van der Waals surface area contributed by atoms with Crippen molar-refractivity contribution < 1.29 is 14.7 Å². The van der Waals surface area contributed by atoms with Crippen LogP contribution in [0, 0.1) is 11.3 Å². The molecule has 1 unspecified atom stereocenters. The second-order valence-electron chi connectivity index (χ2n) is 5.77. The van der Waals surface area contributed by atoms with Gasteiger partial charge in [0, 0.05) is 6.42 Å². The van der Waals surface area contributed by atoms with Gasteiger partial charge >= 0.3 is 5.97 Å². The van der Waals surface area contributed by atoms with Crippen LogP contribution in [0.5, 0.6) is 0 Å². The highest BCUT2D eigenvalue weighted by Crippen LogP contribution is 2.20. The van der Waals surface area contributed by atoms with Gasteiger partial charge in [-0.15, -0.1) is 0 Å². The molecular weight excluding hydrogens is 220 g/mol. The molecule has 3 N–H and O–H groups in total. The van der Waals surface area contributed by atoms with Gasteiger partial charge in [0.05, 0.1) is 0 Å². The maximum Gasteiger partial charge on any atom is 0.326 e. The Hall–Kier alpha value is -1.10. The second kappa shape index (κ2) is 5.49. The number of aliphatic carboxylic acids is 1. The predicted molar refractivity (Wildman–Crippen MR) is 64.6 cm³/mol.